The standard InChI is InChI=1S/C18H11F3N4OS/c19-9-2-4-13-11(5-9)16-17(25-13)18(23-8-22-16)27-7-15(26)24-14-6-10(20)1-3-12(14)21/h1-6,8,25H,7H2,(H,24,26). The number of amides is 1. The lowest BCUT2D eigenvalue weighted by molar-refractivity contribution is -0.113. The SMILES string of the molecule is O=C(CSc1ncnc2c1[nH]c1ccc(F)cc12)Nc1cc(F)ccc1F. The smallest absolute Gasteiger partial charge is 0.234 e. The van der Waals surface area contributed by atoms with Crippen LogP contribution in [0.25, 0.3) is 21.9 Å². The third-order valence-electron chi connectivity index (χ3n) is 3.85. The second kappa shape index (κ2) is 6.92. The molecule has 4 aromatic rings. The second-order valence-corrected chi connectivity index (χ2v) is 6.64. The Kier molecular flexibility index (Phi) is 4.44. The minimum Gasteiger partial charge on any atom is -0.351 e. The van der Waals surface area contributed by atoms with Gasteiger partial charge in [-0.05, 0) is 30.3 Å². The summed E-state index contributed by atoms with van der Waals surface area (Å²) in [6, 6.07) is 7.12. The lowest BCUT2D eigenvalue weighted by Crippen LogP contribution is -2.15. The number of anilines is 1. The zero-order chi connectivity index (χ0) is 19.0. The third kappa shape index (κ3) is 3.45. The quantitative estimate of drug-likeness (QED) is 0.405. The zero-order valence-corrected chi connectivity index (χ0v) is 14.4. The maximum Gasteiger partial charge on any atom is 0.234 e. The minimum atomic E-state index is -0.725. The Morgan fingerprint density at radius 1 is 1.07 bits per heavy atom. The second-order valence-electron chi connectivity index (χ2n) is 5.68. The molecule has 0 fully saturated rings. The van der Waals surface area contributed by atoms with Crippen LogP contribution in [0.1, 0.15) is 0 Å². The van der Waals surface area contributed by atoms with Gasteiger partial charge in [0.2, 0.25) is 5.91 Å². The van der Waals surface area contributed by atoms with Gasteiger partial charge in [0.1, 0.15) is 34.3 Å². The molecule has 1 amide bonds. The number of hydrogen-bond donors (Lipinski definition) is 2. The van der Waals surface area contributed by atoms with E-state index in [4.69, 9.17) is 0 Å². The average molecular weight is 388 g/mol. The summed E-state index contributed by atoms with van der Waals surface area (Å²) in [5, 5.41) is 3.43. The number of aromatic nitrogens is 3. The maximum absolute atomic E-state index is 13.6. The van der Waals surface area contributed by atoms with E-state index in [9.17, 15) is 18.0 Å². The van der Waals surface area contributed by atoms with Gasteiger partial charge in [0.05, 0.1) is 17.0 Å². The van der Waals surface area contributed by atoms with Crippen LogP contribution in [0.2, 0.25) is 0 Å². The summed E-state index contributed by atoms with van der Waals surface area (Å²) in [7, 11) is 0. The number of thioether (sulfide) groups is 1. The van der Waals surface area contributed by atoms with Crippen molar-refractivity contribution in [3.05, 3.63) is 60.2 Å². The lowest BCUT2D eigenvalue weighted by atomic mass is 10.2. The van der Waals surface area contributed by atoms with Crippen molar-refractivity contribution in [2.75, 3.05) is 11.1 Å². The van der Waals surface area contributed by atoms with Gasteiger partial charge < -0.3 is 10.3 Å². The summed E-state index contributed by atoms with van der Waals surface area (Å²) in [6.07, 6.45) is 1.33. The minimum absolute atomic E-state index is 0.0776. The Morgan fingerprint density at radius 2 is 1.85 bits per heavy atom. The van der Waals surface area contributed by atoms with Crippen LogP contribution in [0.5, 0.6) is 0 Å². The number of benzene rings is 2. The summed E-state index contributed by atoms with van der Waals surface area (Å²) in [6.45, 7) is 0. The predicted octanol–water partition coefficient (Wildman–Crippen LogP) is 4.26. The Labute approximate surface area is 155 Å². The molecule has 0 spiro atoms. The molecule has 0 radical (unpaired) electrons. The van der Waals surface area contributed by atoms with E-state index in [0.717, 1.165) is 30.0 Å². The van der Waals surface area contributed by atoms with Gasteiger partial charge in [-0.25, -0.2) is 23.1 Å². The number of hydrogen-bond acceptors (Lipinski definition) is 4. The normalized spacial score (nSPS) is 11.2. The van der Waals surface area contributed by atoms with Crippen molar-refractivity contribution in [2.24, 2.45) is 0 Å². The van der Waals surface area contributed by atoms with E-state index in [-0.39, 0.29) is 17.3 Å². The molecule has 0 unspecified atom stereocenters. The molecule has 4 rings (SSSR count). The van der Waals surface area contributed by atoms with Gasteiger partial charge in [-0.3, -0.25) is 4.79 Å². The van der Waals surface area contributed by atoms with E-state index in [1.54, 1.807) is 6.07 Å². The van der Waals surface area contributed by atoms with Crippen molar-refractivity contribution in [1.29, 1.82) is 0 Å². The summed E-state index contributed by atoms with van der Waals surface area (Å²) < 4.78 is 40.3. The molecular formula is C18H11F3N4OS. The fraction of sp³-hybridized carbons (Fsp3) is 0.0556. The molecule has 0 atom stereocenters. The topological polar surface area (TPSA) is 70.7 Å². The highest BCUT2D eigenvalue weighted by Crippen LogP contribution is 2.30. The third-order valence-corrected chi connectivity index (χ3v) is 4.84. The molecule has 136 valence electrons. The van der Waals surface area contributed by atoms with E-state index in [1.165, 1.54) is 18.5 Å². The first-order valence-corrected chi connectivity index (χ1v) is 8.79. The highest BCUT2D eigenvalue weighted by Gasteiger charge is 2.14. The van der Waals surface area contributed by atoms with Crippen molar-refractivity contribution in [1.82, 2.24) is 15.0 Å². The molecule has 0 saturated heterocycles. The molecule has 5 nitrogen and oxygen atoms in total. The number of nitrogens with zero attached hydrogens (tertiary/aromatic N) is 2. The summed E-state index contributed by atoms with van der Waals surface area (Å²) >= 11 is 1.10. The molecule has 2 N–H and O–H groups in total. The van der Waals surface area contributed by atoms with Gasteiger partial charge in [0, 0.05) is 17.0 Å². The summed E-state index contributed by atoms with van der Waals surface area (Å²) in [4.78, 5) is 23.5. The molecule has 2 aromatic heterocycles. The van der Waals surface area contributed by atoms with E-state index in [0.29, 0.717) is 27.0 Å². The van der Waals surface area contributed by atoms with Crippen LogP contribution in [0, 0.1) is 17.5 Å². The van der Waals surface area contributed by atoms with Gasteiger partial charge in [-0.15, -0.1) is 0 Å². The van der Waals surface area contributed by atoms with Crippen LogP contribution in [-0.4, -0.2) is 26.6 Å². The van der Waals surface area contributed by atoms with E-state index in [1.807, 2.05) is 0 Å². The van der Waals surface area contributed by atoms with Crippen molar-refractivity contribution >= 4 is 45.3 Å². The molecule has 0 saturated carbocycles. The molecule has 9 heteroatoms. The Bertz CT molecular complexity index is 1180. The average Bonchev–Trinajstić information content (AvgIpc) is 3.01. The fourth-order valence-corrected chi connectivity index (χ4v) is 3.42. The molecule has 0 aliphatic carbocycles. The number of carbonyl (C=O) groups is 1. The van der Waals surface area contributed by atoms with Gasteiger partial charge in [0.15, 0.2) is 0 Å². The first-order chi connectivity index (χ1) is 13.0. The van der Waals surface area contributed by atoms with E-state index < -0.39 is 17.5 Å². The zero-order valence-electron chi connectivity index (χ0n) is 13.6. The highest BCUT2D eigenvalue weighted by molar-refractivity contribution is 8.00. The van der Waals surface area contributed by atoms with Crippen molar-refractivity contribution in [3.8, 4) is 0 Å². The van der Waals surface area contributed by atoms with Crippen LogP contribution in [0.4, 0.5) is 18.9 Å². The van der Waals surface area contributed by atoms with Crippen molar-refractivity contribution < 1.29 is 18.0 Å². The lowest BCUT2D eigenvalue weighted by Gasteiger charge is -2.06. The number of aromatic amines is 1. The monoisotopic (exact) mass is 388 g/mol. The summed E-state index contributed by atoms with van der Waals surface area (Å²) in [5.41, 5.74) is 1.58. The molecule has 2 aromatic carbocycles. The maximum atomic E-state index is 13.6. The molecule has 0 aliphatic heterocycles. The number of nitrogens with one attached hydrogen (secondary N) is 2. The molecule has 0 aliphatic rings. The molecule has 0 bridgehead atoms. The highest BCUT2D eigenvalue weighted by atomic mass is 32.2. The number of H-pyrrole nitrogens is 1. The van der Waals surface area contributed by atoms with Crippen LogP contribution in [-0.2, 0) is 4.79 Å². The Hall–Kier alpha value is -3.07. The summed E-state index contributed by atoms with van der Waals surface area (Å²) in [5.74, 6) is -2.35. The Morgan fingerprint density at radius 3 is 2.70 bits per heavy atom. The van der Waals surface area contributed by atoms with Gasteiger partial charge in [-0.2, -0.15) is 0 Å². The van der Waals surface area contributed by atoms with Crippen LogP contribution >= 0.6 is 11.8 Å². The van der Waals surface area contributed by atoms with Crippen LogP contribution in [0.15, 0.2) is 47.8 Å². The van der Waals surface area contributed by atoms with Crippen molar-refractivity contribution in [3.63, 3.8) is 0 Å². The van der Waals surface area contributed by atoms with Gasteiger partial charge in [0.25, 0.3) is 0 Å². The van der Waals surface area contributed by atoms with Gasteiger partial charge >= 0.3 is 0 Å². The fourth-order valence-electron chi connectivity index (χ4n) is 2.67. The van der Waals surface area contributed by atoms with Crippen LogP contribution in [0.3, 0.4) is 0 Å². The Balaban J connectivity index is 1.56. The van der Waals surface area contributed by atoms with Crippen molar-refractivity contribution in [2.45, 2.75) is 5.03 Å². The first kappa shape index (κ1) is 17.3. The first-order valence-electron chi connectivity index (χ1n) is 7.81. The molecular weight excluding hydrogens is 377 g/mol. The molecule has 27 heavy (non-hydrogen) atoms. The number of fused-ring (bicyclic) bond motifs is 3. The van der Waals surface area contributed by atoms with Gasteiger partial charge in [-0.1, -0.05) is 11.8 Å². The number of carbonyl (C=O) groups excluding carboxylic acids is 1. The number of halogens is 3. The van der Waals surface area contributed by atoms with Crippen LogP contribution < -0.4 is 5.32 Å². The van der Waals surface area contributed by atoms with E-state index >= 15 is 0 Å². The predicted molar refractivity (Wildman–Crippen MR) is 97.1 cm³/mol. The van der Waals surface area contributed by atoms with E-state index in [2.05, 4.69) is 20.3 Å². The largest absolute Gasteiger partial charge is 0.351 e. The number of rotatable bonds is 4. The molecule has 2 heterocycles.